The molecule has 0 saturated carbocycles. The molecule has 150 valence electrons. The Morgan fingerprint density at radius 2 is 1.86 bits per heavy atom. The molecule has 0 N–H and O–H groups in total. The summed E-state index contributed by atoms with van der Waals surface area (Å²) in [5.74, 6) is -0.327. The highest BCUT2D eigenvalue weighted by molar-refractivity contribution is 6.43. The van der Waals surface area contributed by atoms with Crippen molar-refractivity contribution in [3.63, 3.8) is 0 Å². The van der Waals surface area contributed by atoms with Gasteiger partial charge in [-0.15, -0.1) is 5.10 Å². The smallest absolute Gasteiger partial charge is 0.360 e. The number of benzene rings is 2. The molecule has 7 nitrogen and oxygen atoms in total. The lowest BCUT2D eigenvalue weighted by Crippen LogP contribution is -2.19. The van der Waals surface area contributed by atoms with Crippen molar-refractivity contribution in [2.45, 2.75) is 13.5 Å². The largest absolute Gasteiger partial charge is 0.471 e. The Labute approximate surface area is 173 Å². The van der Waals surface area contributed by atoms with Crippen molar-refractivity contribution in [2.24, 2.45) is 5.16 Å². The minimum absolute atomic E-state index is 0.0467. The van der Waals surface area contributed by atoms with Crippen LogP contribution in [0, 0.1) is 6.92 Å². The molecule has 0 atom stereocenters. The minimum atomic E-state index is -0.610. The van der Waals surface area contributed by atoms with Gasteiger partial charge < -0.3 is 14.3 Å². The molecule has 29 heavy (non-hydrogen) atoms. The van der Waals surface area contributed by atoms with E-state index in [4.69, 9.17) is 25.9 Å². The molecule has 2 aromatic carbocycles. The van der Waals surface area contributed by atoms with Crippen LogP contribution in [0.25, 0.3) is 5.69 Å². The van der Waals surface area contributed by atoms with Gasteiger partial charge in [0.25, 0.3) is 5.88 Å². The average Bonchev–Trinajstić information content (AvgIpc) is 3.11. The fraction of sp³-hybridized carbons (Fsp3) is 0.190. The number of hydrogen-bond acceptors (Lipinski definition) is 6. The Morgan fingerprint density at radius 3 is 2.55 bits per heavy atom. The molecule has 1 aromatic heterocycles. The van der Waals surface area contributed by atoms with E-state index in [-0.39, 0.29) is 18.2 Å². The van der Waals surface area contributed by atoms with Crippen LogP contribution in [0.2, 0.25) is 5.02 Å². The molecule has 0 radical (unpaired) electrons. The highest BCUT2D eigenvalue weighted by Crippen LogP contribution is 2.25. The first kappa shape index (κ1) is 20.4. The first-order chi connectivity index (χ1) is 14.0. The number of oxime groups is 1. The van der Waals surface area contributed by atoms with Gasteiger partial charge in [-0.2, -0.15) is 0 Å². The third-order valence-electron chi connectivity index (χ3n) is 4.14. The van der Waals surface area contributed by atoms with Crippen molar-refractivity contribution in [3.05, 3.63) is 76.4 Å². The average molecular weight is 414 g/mol. The van der Waals surface area contributed by atoms with Gasteiger partial charge in [-0.1, -0.05) is 58.7 Å². The van der Waals surface area contributed by atoms with Gasteiger partial charge in [-0.25, -0.2) is 9.48 Å². The van der Waals surface area contributed by atoms with Crippen molar-refractivity contribution in [1.29, 1.82) is 0 Å². The predicted octanol–water partition coefficient (Wildman–Crippen LogP) is 3.94. The van der Waals surface area contributed by atoms with Crippen molar-refractivity contribution in [1.82, 2.24) is 9.78 Å². The lowest BCUT2D eigenvalue weighted by molar-refractivity contribution is -0.132. The topological polar surface area (TPSA) is 74.9 Å². The molecule has 3 rings (SSSR count). The molecular weight excluding hydrogens is 394 g/mol. The fourth-order valence-electron chi connectivity index (χ4n) is 2.67. The Balaban J connectivity index is 1.83. The zero-order valence-electron chi connectivity index (χ0n) is 16.3. The zero-order chi connectivity index (χ0) is 20.8. The summed E-state index contributed by atoms with van der Waals surface area (Å²) >= 11 is 6.29. The number of nitrogens with zero attached hydrogens (tertiary/aromatic N) is 3. The van der Waals surface area contributed by atoms with E-state index in [0.29, 0.717) is 16.1 Å². The summed E-state index contributed by atoms with van der Waals surface area (Å²) in [5.41, 5.74) is 3.31. The summed E-state index contributed by atoms with van der Waals surface area (Å²) in [6.07, 6.45) is 1.68. The van der Waals surface area contributed by atoms with Gasteiger partial charge in [0.2, 0.25) is 0 Å². The number of aromatic nitrogens is 2. The third kappa shape index (κ3) is 4.75. The van der Waals surface area contributed by atoms with E-state index in [1.807, 2.05) is 43.3 Å². The van der Waals surface area contributed by atoms with Crippen LogP contribution in [0.3, 0.4) is 0 Å². The van der Waals surface area contributed by atoms with Crippen LogP contribution in [-0.4, -0.2) is 35.7 Å². The zero-order valence-corrected chi connectivity index (χ0v) is 17.0. The van der Waals surface area contributed by atoms with Gasteiger partial charge in [0, 0.05) is 5.56 Å². The second kappa shape index (κ2) is 9.25. The molecule has 0 spiro atoms. The highest BCUT2D eigenvalue weighted by atomic mass is 35.5. The maximum absolute atomic E-state index is 12.1. The van der Waals surface area contributed by atoms with E-state index in [1.54, 1.807) is 23.0 Å². The van der Waals surface area contributed by atoms with Crippen molar-refractivity contribution < 1.29 is 19.1 Å². The number of hydrogen-bond donors (Lipinski definition) is 0. The Bertz CT molecular complexity index is 1030. The normalized spacial score (nSPS) is 11.2. The summed E-state index contributed by atoms with van der Waals surface area (Å²) < 4.78 is 12.3. The number of rotatable bonds is 7. The standard InChI is InChI=1S/C21H20ClN3O4/c1-14-8-10-16(11-9-14)25-12-18(22)20(23-25)29-13-15-6-4-5-7-17(15)19(24-28-3)21(26)27-2/h4-12H,13H2,1-3H3. The Hall–Kier alpha value is -3.32. The van der Waals surface area contributed by atoms with E-state index < -0.39 is 5.97 Å². The fourth-order valence-corrected chi connectivity index (χ4v) is 2.86. The highest BCUT2D eigenvalue weighted by Gasteiger charge is 2.20. The predicted molar refractivity (Wildman–Crippen MR) is 110 cm³/mol. The monoisotopic (exact) mass is 413 g/mol. The molecule has 1 heterocycles. The third-order valence-corrected chi connectivity index (χ3v) is 4.39. The number of halogens is 1. The molecule has 0 fully saturated rings. The van der Waals surface area contributed by atoms with E-state index in [9.17, 15) is 4.79 Å². The van der Waals surface area contributed by atoms with Gasteiger partial charge in [-0.05, 0) is 24.6 Å². The lowest BCUT2D eigenvalue weighted by atomic mass is 10.0. The molecular formula is C21H20ClN3O4. The van der Waals surface area contributed by atoms with Crippen molar-refractivity contribution in [3.8, 4) is 11.6 Å². The van der Waals surface area contributed by atoms with E-state index in [2.05, 4.69) is 10.3 Å². The molecule has 0 aliphatic carbocycles. The van der Waals surface area contributed by atoms with Crippen molar-refractivity contribution in [2.75, 3.05) is 14.2 Å². The number of methoxy groups -OCH3 is 1. The molecule has 0 unspecified atom stereocenters. The van der Waals surface area contributed by atoms with Crippen LogP contribution >= 0.6 is 11.6 Å². The first-order valence-electron chi connectivity index (χ1n) is 8.76. The second-order valence-corrected chi connectivity index (χ2v) is 6.53. The molecule has 0 bridgehead atoms. The van der Waals surface area contributed by atoms with E-state index in [1.165, 1.54) is 14.2 Å². The van der Waals surface area contributed by atoms with Gasteiger partial charge in [0.05, 0.1) is 19.0 Å². The van der Waals surface area contributed by atoms with Gasteiger partial charge in [0.15, 0.2) is 5.71 Å². The number of esters is 1. The van der Waals surface area contributed by atoms with Gasteiger partial charge >= 0.3 is 5.97 Å². The maximum Gasteiger partial charge on any atom is 0.360 e. The van der Waals surface area contributed by atoms with Crippen LogP contribution in [0.1, 0.15) is 16.7 Å². The Kier molecular flexibility index (Phi) is 6.51. The Morgan fingerprint density at radius 1 is 1.14 bits per heavy atom. The molecule has 3 aromatic rings. The summed E-state index contributed by atoms with van der Waals surface area (Å²) in [6.45, 7) is 2.14. The SMILES string of the molecule is CON=C(C(=O)OC)c1ccccc1COc1nn(-c2ccc(C)cc2)cc1Cl. The molecule has 8 heteroatoms. The number of carbonyl (C=O) groups excluding carboxylic acids is 1. The molecule has 0 aliphatic rings. The number of aryl methyl sites for hydroxylation is 1. The first-order valence-corrected chi connectivity index (χ1v) is 9.14. The lowest BCUT2D eigenvalue weighted by Gasteiger charge is -2.10. The van der Waals surface area contributed by atoms with Crippen LogP contribution in [0.5, 0.6) is 5.88 Å². The summed E-state index contributed by atoms with van der Waals surface area (Å²) in [7, 11) is 2.64. The quantitative estimate of drug-likeness (QED) is 0.333. The van der Waals surface area contributed by atoms with Gasteiger partial charge in [-0.3, -0.25) is 0 Å². The van der Waals surface area contributed by atoms with E-state index in [0.717, 1.165) is 11.3 Å². The van der Waals surface area contributed by atoms with Crippen LogP contribution in [-0.2, 0) is 21.0 Å². The summed E-state index contributed by atoms with van der Waals surface area (Å²) in [5, 5.41) is 8.57. The van der Waals surface area contributed by atoms with Crippen molar-refractivity contribution >= 4 is 23.3 Å². The molecule has 0 amide bonds. The molecule has 0 aliphatic heterocycles. The number of ether oxygens (including phenoxy) is 2. The van der Waals surface area contributed by atoms with Gasteiger partial charge in [0.1, 0.15) is 18.7 Å². The molecule has 0 saturated heterocycles. The second-order valence-electron chi connectivity index (χ2n) is 6.12. The van der Waals surface area contributed by atoms with Crippen LogP contribution in [0.15, 0.2) is 59.9 Å². The maximum atomic E-state index is 12.1. The summed E-state index contributed by atoms with van der Waals surface area (Å²) in [4.78, 5) is 16.8. The minimum Gasteiger partial charge on any atom is -0.471 e. The van der Waals surface area contributed by atoms with Crippen LogP contribution in [0.4, 0.5) is 0 Å². The number of carbonyl (C=O) groups is 1. The van der Waals surface area contributed by atoms with Crippen LogP contribution < -0.4 is 4.74 Å². The summed E-state index contributed by atoms with van der Waals surface area (Å²) in [6, 6.07) is 15.0. The van der Waals surface area contributed by atoms with E-state index >= 15 is 0 Å².